The molecular formula is C24H42O5. The summed E-state index contributed by atoms with van der Waals surface area (Å²) in [5.41, 5.74) is -0.483. The first kappa shape index (κ1) is 22.0. The first-order valence-electron chi connectivity index (χ1n) is 12.1. The predicted octanol–water partition coefficient (Wildman–Crippen LogP) is 4.22. The first-order valence-corrected chi connectivity index (χ1v) is 12.1. The molecule has 4 heterocycles. The zero-order valence-corrected chi connectivity index (χ0v) is 19.3. The summed E-state index contributed by atoms with van der Waals surface area (Å²) in [6, 6.07) is 0. The third-order valence-electron chi connectivity index (χ3n) is 8.75. The van der Waals surface area contributed by atoms with Crippen molar-refractivity contribution >= 4 is 0 Å². The lowest BCUT2D eigenvalue weighted by molar-refractivity contribution is -0.360. The molecule has 5 heteroatoms. The Hall–Kier alpha value is -0.200. The fourth-order valence-electron chi connectivity index (χ4n) is 6.39. The third kappa shape index (κ3) is 3.40. The van der Waals surface area contributed by atoms with Crippen molar-refractivity contribution in [3.63, 3.8) is 0 Å². The molecule has 0 aromatic rings. The second-order valence-corrected chi connectivity index (χ2v) is 10.0. The lowest BCUT2D eigenvalue weighted by atomic mass is 9.65. The summed E-state index contributed by atoms with van der Waals surface area (Å²) >= 11 is 0. The Morgan fingerprint density at radius 1 is 0.552 bits per heavy atom. The molecule has 4 fully saturated rings. The third-order valence-corrected chi connectivity index (χ3v) is 8.75. The minimum atomic E-state index is -0.242. The zero-order valence-electron chi connectivity index (χ0n) is 19.3. The van der Waals surface area contributed by atoms with Gasteiger partial charge in [0.15, 0.2) is 0 Å². The number of rotatable bonds is 10. The van der Waals surface area contributed by atoms with Crippen LogP contribution in [0.2, 0.25) is 0 Å². The van der Waals surface area contributed by atoms with Gasteiger partial charge in [0.2, 0.25) is 0 Å². The van der Waals surface area contributed by atoms with Gasteiger partial charge in [0.1, 0.15) is 0 Å². The summed E-state index contributed by atoms with van der Waals surface area (Å²) in [4.78, 5) is 0. The zero-order chi connectivity index (χ0) is 20.8. The summed E-state index contributed by atoms with van der Waals surface area (Å²) < 4.78 is 31.3. The fraction of sp³-hybridized carbons (Fsp3) is 1.00. The van der Waals surface area contributed by atoms with Crippen LogP contribution in [0.1, 0.15) is 67.2 Å². The highest BCUT2D eigenvalue weighted by atomic mass is 16.6. The van der Waals surface area contributed by atoms with Gasteiger partial charge in [-0.05, 0) is 39.5 Å². The average molecular weight is 411 g/mol. The highest BCUT2D eigenvalue weighted by Crippen LogP contribution is 2.53. The SMILES string of the molecule is CCC1OCC1C(C)(OC(C)(C1COC1CC)C1COC1CC)C1COC1CC. The van der Waals surface area contributed by atoms with Crippen LogP contribution >= 0.6 is 0 Å². The second kappa shape index (κ2) is 8.38. The van der Waals surface area contributed by atoms with E-state index in [1.807, 2.05) is 0 Å². The Morgan fingerprint density at radius 3 is 0.931 bits per heavy atom. The van der Waals surface area contributed by atoms with Gasteiger partial charge in [-0.3, -0.25) is 0 Å². The van der Waals surface area contributed by atoms with Crippen molar-refractivity contribution < 1.29 is 23.7 Å². The van der Waals surface area contributed by atoms with E-state index in [9.17, 15) is 0 Å². The molecule has 0 amide bonds. The Morgan fingerprint density at radius 2 is 0.793 bits per heavy atom. The largest absolute Gasteiger partial charge is 0.377 e. The molecule has 0 aliphatic carbocycles. The Kier molecular flexibility index (Phi) is 6.36. The molecule has 29 heavy (non-hydrogen) atoms. The molecule has 168 valence electrons. The molecule has 0 radical (unpaired) electrons. The Balaban J connectivity index is 1.65. The first-order chi connectivity index (χ1) is 13.9. The van der Waals surface area contributed by atoms with E-state index >= 15 is 0 Å². The Labute approximate surface area is 177 Å². The fourth-order valence-corrected chi connectivity index (χ4v) is 6.39. The van der Waals surface area contributed by atoms with Crippen molar-refractivity contribution in [1.29, 1.82) is 0 Å². The quantitative estimate of drug-likeness (QED) is 0.540. The van der Waals surface area contributed by atoms with Gasteiger partial charge >= 0.3 is 0 Å². The predicted molar refractivity (Wildman–Crippen MR) is 112 cm³/mol. The Bertz CT molecular complexity index is 469. The molecule has 4 saturated heterocycles. The van der Waals surface area contributed by atoms with Gasteiger partial charge in [-0.15, -0.1) is 0 Å². The van der Waals surface area contributed by atoms with Crippen LogP contribution in [0, 0.1) is 23.7 Å². The van der Waals surface area contributed by atoms with Gasteiger partial charge < -0.3 is 23.7 Å². The van der Waals surface area contributed by atoms with Crippen LogP contribution in [0.5, 0.6) is 0 Å². The molecule has 8 atom stereocenters. The van der Waals surface area contributed by atoms with E-state index < -0.39 is 0 Å². The van der Waals surface area contributed by atoms with Crippen molar-refractivity contribution in [3.8, 4) is 0 Å². The maximum atomic E-state index is 7.45. The van der Waals surface area contributed by atoms with Crippen LogP contribution in [0.3, 0.4) is 0 Å². The standard InChI is InChI=1S/C24H42O5/c1-7-19-15(11-25-19)23(5,16-12-26-20(16)8-2)29-24(6,17-13-27-21(17)9-3)18-14-28-22(18)10-4/h15-22H,7-14H2,1-6H3. The summed E-state index contributed by atoms with van der Waals surface area (Å²) in [7, 11) is 0. The van der Waals surface area contributed by atoms with Crippen LogP contribution in [-0.4, -0.2) is 62.0 Å². The maximum Gasteiger partial charge on any atom is 0.0812 e. The minimum absolute atomic E-state index is 0.242. The van der Waals surface area contributed by atoms with E-state index in [0.717, 1.165) is 52.1 Å². The van der Waals surface area contributed by atoms with Gasteiger partial charge in [0.25, 0.3) is 0 Å². The molecule has 0 spiro atoms. The molecule has 0 bridgehead atoms. The molecule has 0 N–H and O–H groups in total. The molecule has 4 rings (SSSR count). The molecule has 4 aliphatic heterocycles. The lowest BCUT2D eigenvalue weighted by Gasteiger charge is -2.63. The van der Waals surface area contributed by atoms with Crippen LogP contribution in [0.25, 0.3) is 0 Å². The second-order valence-electron chi connectivity index (χ2n) is 10.0. The number of ether oxygens (including phenoxy) is 5. The van der Waals surface area contributed by atoms with E-state index in [0.29, 0.717) is 48.1 Å². The molecule has 8 unspecified atom stereocenters. The van der Waals surface area contributed by atoms with Gasteiger partial charge in [0.05, 0.1) is 62.0 Å². The van der Waals surface area contributed by atoms with Gasteiger partial charge in [-0.1, -0.05) is 27.7 Å². The van der Waals surface area contributed by atoms with Gasteiger partial charge in [-0.2, -0.15) is 0 Å². The van der Waals surface area contributed by atoms with Crippen molar-refractivity contribution in [2.75, 3.05) is 26.4 Å². The number of hydrogen-bond acceptors (Lipinski definition) is 5. The molecule has 4 aliphatic rings. The van der Waals surface area contributed by atoms with Crippen LogP contribution in [0.15, 0.2) is 0 Å². The van der Waals surface area contributed by atoms with E-state index in [1.165, 1.54) is 0 Å². The summed E-state index contributed by atoms with van der Waals surface area (Å²) in [6.45, 7) is 16.8. The van der Waals surface area contributed by atoms with Crippen molar-refractivity contribution in [1.82, 2.24) is 0 Å². The summed E-state index contributed by atoms with van der Waals surface area (Å²) in [5.74, 6) is 1.71. The monoisotopic (exact) mass is 410 g/mol. The molecule has 0 aromatic heterocycles. The minimum Gasteiger partial charge on any atom is -0.377 e. The van der Waals surface area contributed by atoms with E-state index in [4.69, 9.17) is 23.7 Å². The van der Waals surface area contributed by atoms with Gasteiger partial charge in [0, 0.05) is 23.7 Å². The van der Waals surface area contributed by atoms with E-state index in [1.54, 1.807) is 0 Å². The van der Waals surface area contributed by atoms with Crippen molar-refractivity contribution in [3.05, 3.63) is 0 Å². The maximum absolute atomic E-state index is 7.45. The van der Waals surface area contributed by atoms with E-state index in [-0.39, 0.29) is 11.2 Å². The molecule has 0 saturated carbocycles. The smallest absolute Gasteiger partial charge is 0.0812 e. The van der Waals surface area contributed by atoms with E-state index in [2.05, 4.69) is 41.5 Å². The average Bonchev–Trinajstić information content (AvgIpc) is 2.51. The topological polar surface area (TPSA) is 46.2 Å². The normalized spacial score (nSPS) is 45.7. The molecule has 5 nitrogen and oxygen atoms in total. The summed E-state index contributed by atoms with van der Waals surface area (Å²) in [5, 5.41) is 0. The van der Waals surface area contributed by atoms with Crippen molar-refractivity contribution in [2.45, 2.75) is 103 Å². The highest BCUT2D eigenvalue weighted by Gasteiger charge is 2.63. The highest BCUT2D eigenvalue weighted by molar-refractivity contribution is 5.09. The lowest BCUT2D eigenvalue weighted by Crippen LogP contribution is -2.72. The summed E-state index contributed by atoms with van der Waals surface area (Å²) in [6.07, 6.45) is 5.34. The van der Waals surface area contributed by atoms with Crippen LogP contribution in [0.4, 0.5) is 0 Å². The van der Waals surface area contributed by atoms with Crippen LogP contribution in [-0.2, 0) is 23.7 Å². The van der Waals surface area contributed by atoms with Crippen LogP contribution < -0.4 is 0 Å². The number of hydrogen-bond donors (Lipinski definition) is 0. The van der Waals surface area contributed by atoms with Gasteiger partial charge in [-0.25, -0.2) is 0 Å². The van der Waals surface area contributed by atoms with Crippen molar-refractivity contribution in [2.24, 2.45) is 23.7 Å². The molecular weight excluding hydrogens is 368 g/mol. The molecule has 0 aromatic carbocycles.